The molecule has 110 valence electrons. The number of rotatable bonds is 2. The molecule has 0 amide bonds. The molecule has 1 aromatic heterocycles. The predicted octanol–water partition coefficient (Wildman–Crippen LogP) is 4.00. The third-order valence-electron chi connectivity index (χ3n) is 3.16. The third-order valence-corrected chi connectivity index (χ3v) is 3.91. The van der Waals surface area contributed by atoms with Gasteiger partial charge in [-0.15, -0.1) is 0 Å². The Morgan fingerprint density at radius 1 is 1.23 bits per heavy atom. The summed E-state index contributed by atoms with van der Waals surface area (Å²) in [5.74, 6) is 0.532. The van der Waals surface area contributed by atoms with Crippen LogP contribution in [0.3, 0.4) is 0 Å². The minimum Gasteiger partial charge on any atom is -0.267 e. The van der Waals surface area contributed by atoms with Crippen molar-refractivity contribution in [1.29, 1.82) is 0 Å². The standard InChI is InChI=1S/C16H11BrClN3O/c1-10-20-15-7-4-12(17)8-14(15)16(22)21(10)19-9-11-2-5-13(18)6-3-11/h2-9H,1H3. The summed E-state index contributed by atoms with van der Waals surface area (Å²) in [5, 5.41) is 5.42. The Morgan fingerprint density at radius 3 is 2.68 bits per heavy atom. The zero-order valence-electron chi connectivity index (χ0n) is 11.6. The molecule has 0 radical (unpaired) electrons. The highest BCUT2D eigenvalue weighted by atomic mass is 79.9. The summed E-state index contributed by atoms with van der Waals surface area (Å²) in [4.78, 5) is 17.0. The molecule has 4 nitrogen and oxygen atoms in total. The smallest absolute Gasteiger partial charge is 0.267 e. The van der Waals surface area contributed by atoms with Crippen LogP contribution in [-0.2, 0) is 0 Å². The summed E-state index contributed by atoms with van der Waals surface area (Å²) in [6, 6.07) is 12.6. The van der Waals surface area contributed by atoms with Gasteiger partial charge < -0.3 is 0 Å². The van der Waals surface area contributed by atoms with Gasteiger partial charge in [0.1, 0.15) is 5.82 Å². The number of hydrogen-bond acceptors (Lipinski definition) is 3. The molecule has 22 heavy (non-hydrogen) atoms. The molecule has 0 saturated heterocycles. The average Bonchev–Trinajstić information content (AvgIpc) is 2.50. The largest absolute Gasteiger partial charge is 0.282 e. The maximum Gasteiger partial charge on any atom is 0.282 e. The zero-order chi connectivity index (χ0) is 15.7. The molecular formula is C16H11BrClN3O. The van der Waals surface area contributed by atoms with Crippen LogP contribution >= 0.6 is 27.5 Å². The molecule has 0 N–H and O–H groups in total. The van der Waals surface area contributed by atoms with Gasteiger partial charge in [0.05, 0.1) is 17.1 Å². The van der Waals surface area contributed by atoms with Crippen molar-refractivity contribution in [3.8, 4) is 0 Å². The highest BCUT2D eigenvalue weighted by Gasteiger charge is 2.07. The van der Waals surface area contributed by atoms with Crippen molar-refractivity contribution in [1.82, 2.24) is 9.66 Å². The van der Waals surface area contributed by atoms with Crippen molar-refractivity contribution in [3.05, 3.63) is 73.7 Å². The van der Waals surface area contributed by atoms with Gasteiger partial charge in [-0.3, -0.25) is 4.79 Å². The first kappa shape index (κ1) is 14.9. The normalized spacial score (nSPS) is 11.4. The number of hydrogen-bond donors (Lipinski definition) is 0. The van der Waals surface area contributed by atoms with Crippen molar-refractivity contribution in [3.63, 3.8) is 0 Å². The third kappa shape index (κ3) is 2.96. The first-order valence-corrected chi connectivity index (χ1v) is 7.70. The molecule has 3 rings (SSSR count). The van der Waals surface area contributed by atoms with Crippen molar-refractivity contribution in [2.24, 2.45) is 5.10 Å². The fourth-order valence-corrected chi connectivity index (χ4v) is 2.56. The van der Waals surface area contributed by atoms with Gasteiger partial charge in [-0.05, 0) is 42.8 Å². The second-order valence-electron chi connectivity index (χ2n) is 4.73. The van der Waals surface area contributed by atoms with Gasteiger partial charge in [0, 0.05) is 9.50 Å². The number of aryl methyl sites for hydroxylation is 1. The highest BCUT2D eigenvalue weighted by Crippen LogP contribution is 2.15. The Bertz CT molecular complexity index is 933. The van der Waals surface area contributed by atoms with Crippen molar-refractivity contribution in [2.75, 3.05) is 0 Å². The minimum atomic E-state index is -0.200. The van der Waals surface area contributed by atoms with E-state index in [0.29, 0.717) is 21.7 Å². The van der Waals surface area contributed by atoms with E-state index < -0.39 is 0 Å². The van der Waals surface area contributed by atoms with Crippen LogP contribution in [0.5, 0.6) is 0 Å². The Morgan fingerprint density at radius 2 is 1.95 bits per heavy atom. The second-order valence-corrected chi connectivity index (χ2v) is 6.09. The van der Waals surface area contributed by atoms with E-state index in [1.54, 1.807) is 37.4 Å². The molecular weight excluding hydrogens is 366 g/mol. The highest BCUT2D eigenvalue weighted by molar-refractivity contribution is 9.10. The molecule has 0 unspecified atom stereocenters. The summed E-state index contributed by atoms with van der Waals surface area (Å²) >= 11 is 9.21. The van der Waals surface area contributed by atoms with E-state index in [1.165, 1.54) is 4.68 Å². The van der Waals surface area contributed by atoms with Crippen LogP contribution in [-0.4, -0.2) is 15.9 Å². The lowest BCUT2D eigenvalue weighted by molar-refractivity contribution is 0.771. The molecule has 0 aliphatic carbocycles. The molecule has 0 aliphatic rings. The first-order chi connectivity index (χ1) is 10.5. The summed E-state index contributed by atoms with van der Waals surface area (Å²) in [7, 11) is 0. The quantitative estimate of drug-likeness (QED) is 0.635. The molecule has 1 heterocycles. The van der Waals surface area contributed by atoms with Gasteiger partial charge in [-0.1, -0.05) is 39.7 Å². The van der Waals surface area contributed by atoms with Gasteiger partial charge in [-0.2, -0.15) is 9.78 Å². The van der Waals surface area contributed by atoms with Crippen LogP contribution in [0.25, 0.3) is 10.9 Å². The summed E-state index contributed by atoms with van der Waals surface area (Å²) in [6.45, 7) is 1.75. The summed E-state index contributed by atoms with van der Waals surface area (Å²) in [5.41, 5.74) is 1.31. The maximum atomic E-state index is 12.5. The number of halogens is 2. The summed E-state index contributed by atoms with van der Waals surface area (Å²) < 4.78 is 2.12. The molecule has 0 fully saturated rings. The fraction of sp³-hybridized carbons (Fsp3) is 0.0625. The Labute approximate surface area is 140 Å². The lowest BCUT2D eigenvalue weighted by Crippen LogP contribution is -2.20. The first-order valence-electron chi connectivity index (χ1n) is 6.53. The number of fused-ring (bicyclic) bond motifs is 1. The Kier molecular flexibility index (Phi) is 4.09. The molecule has 2 aromatic carbocycles. The van der Waals surface area contributed by atoms with E-state index in [0.717, 1.165) is 10.0 Å². The van der Waals surface area contributed by atoms with Gasteiger partial charge >= 0.3 is 0 Å². The minimum absolute atomic E-state index is 0.200. The van der Waals surface area contributed by atoms with Crippen LogP contribution in [0.1, 0.15) is 11.4 Å². The summed E-state index contributed by atoms with van der Waals surface area (Å²) in [6.07, 6.45) is 1.61. The van der Waals surface area contributed by atoms with Gasteiger partial charge in [0.15, 0.2) is 0 Å². The number of benzene rings is 2. The molecule has 0 bridgehead atoms. The van der Waals surface area contributed by atoms with E-state index in [2.05, 4.69) is 26.0 Å². The Balaban J connectivity index is 2.10. The molecule has 0 aliphatic heterocycles. The molecule has 0 atom stereocenters. The van der Waals surface area contributed by atoms with E-state index in [4.69, 9.17) is 11.6 Å². The zero-order valence-corrected chi connectivity index (χ0v) is 14.0. The van der Waals surface area contributed by atoms with E-state index in [9.17, 15) is 4.79 Å². The van der Waals surface area contributed by atoms with Gasteiger partial charge in [-0.25, -0.2) is 4.98 Å². The number of aromatic nitrogens is 2. The predicted molar refractivity (Wildman–Crippen MR) is 92.9 cm³/mol. The fourth-order valence-electron chi connectivity index (χ4n) is 2.07. The van der Waals surface area contributed by atoms with Crippen LogP contribution in [0.15, 0.2) is 56.8 Å². The van der Waals surface area contributed by atoms with E-state index in [1.807, 2.05) is 18.2 Å². The average molecular weight is 377 g/mol. The second kappa shape index (κ2) is 6.02. The van der Waals surface area contributed by atoms with Crippen molar-refractivity contribution in [2.45, 2.75) is 6.92 Å². The lowest BCUT2D eigenvalue weighted by atomic mass is 10.2. The monoisotopic (exact) mass is 375 g/mol. The van der Waals surface area contributed by atoms with Crippen molar-refractivity contribution < 1.29 is 0 Å². The SMILES string of the molecule is Cc1nc2ccc(Br)cc2c(=O)n1N=Cc1ccc(Cl)cc1. The molecule has 0 saturated carbocycles. The Hall–Kier alpha value is -1.98. The maximum absolute atomic E-state index is 12.5. The van der Waals surface area contributed by atoms with Crippen LogP contribution in [0.2, 0.25) is 5.02 Å². The van der Waals surface area contributed by atoms with Crippen LogP contribution < -0.4 is 5.56 Å². The molecule has 6 heteroatoms. The van der Waals surface area contributed by atoms with Gasteiger partial charge in [0.2, 0.25) is 0 Å². The van der Waals surface area contributed by atoms with Crippen LogP contribution in [0.4, 0.5) is 0 Å². The van der Waals surface area contributed by atoms with Gasteiger partial charge in [0.25, 0.3) is 5.56 Å². The number of nitrogens with zero attached hydrogens (tertiary/aromatic N) is 3. The molecule has 0 spiro atoms. The topological polar surface area (TPSA) is 47.2 Å². The van der Waals surface area contributed by atoms with E-state index >= 15 is 0 Å². The molecule has 3 aromatic rings. The lowest BCUT2D eigenvalue weighted by Gasteiger charge is -2.05. The van der Waals surface area contributed by atoms with Crippen LogP contribution in [0, 0.1) is 6.92 Å². The van der Waals surface area contributed by atoms with E-state index in [-0.39, 0.29) is 5.56 Å². The van der Waals surface area contributed by atoms with Crippen molar-refractivity contribution >= 4 is 44.6 Å².